The highest BCUT2D eigenvalue weighted by Gasteiger charge is 2.29. The Bertz CT molecular complexity index is 2020. The molecular formula is C58H82FO6-. The van der Waals surface area contributed by atoms with E-state index in [0.717, 1.165) is 154 Å². The summed E-state index contributed by atoms with van der Waals surface area (Å²) in [6.07, 6.45) is 23.3. The molecule has 0 aromatic heterocycles. The molecule has 2 N–H and O–H groups in total. The summed E-state index contributed by atoms with van der Waals surface area (Å²) < 4.78 is 17.1. The first-order valence-corrected chi connectivity index (χ1v) is 25.2. The monoisotopic (exact) mass is 894 g/mol. The van der Waals surface area contributed by atoms with Crippen LogP contribution in [0, 0.1) is 17.7 Å². The lowest BCUT2D eigenvalue weighted by Crippen LogP contribution is -2.41. The third-order valence-corrected chi connectivity index (χ3v) is 13.2. The molecule has 0 aliphatic carbocycles. The molecular weight excluding hydrogens is 812 g/mol. The van der Waals surface area contributed by atoms with E-state index in [4.69, 9.17) is 0 Å². The molecule has 7 heteroatoms. The minimum absolute atomic E-state index is 0.0158. The number of benzene rings is 3. The van der Waals surface area contributed by atoms with E-state index in [1.165, 1.54) is 0 Å². The number of carboxylic acids is 3. The smallest absolute Gasteiger partial charge is 0.307 e. The van der Waals surface area contributed by atoms with Crippen LogP contribution in [-0.4, -0.2) is 28.1 Å². The molecule has 65 heavy (non-hydrogen) atoms. The van der Waals surface area contributed by atoms with E-state index in [1.54, 1.807) is 13.8 Å². The van der Waals surface area contributed by atoms with Gasteiger partial charge in [-0.05, 0) is 137 Å². The number of unbranched alkanes of at least 4 members (excludes halogenated alkanes) is 7. The van der Waals surface area contributed by atoms with Gasteiger partial charge in [0.25, 0.3) is 0 Å². The Kier molecular flexibility index (Phi) is 24.0. The number of allylic oxidation sites excluding steroid dienone is 3. The van der Waals surface area contributed by atoms with Crippen molar-refractivity contribution in [3.05, 3.63) is 117 Å². The molecule has 3 atom stereocenters. The van der Waals surface area contributed by atoms with Crippen LogP contribution in [0.25, 0.3) is 11.6 Å². The largest absolute Gasteiger partial charge is 0.549 e. The van der Waals surface area contributed by atoms with Crippen molar-refractivity contribution in [3.8, 4) is 0 Å². The Balaban J connectivity index is 2.28. The zero-order chi connectivity index (χ0) is 47.9. The molecule has 0 bridgehead atoms. The van der Waals surface area contributed by atoms with Crippen molar-refractivity contribution in [2.24, 2.45) is 11.8 Å². The molecule has 3 unspecified atom stereocenters. The lowest BCUT2D eigenvalue weighted by Gasteiger charge is -2.31. The van der Waals surface area contributed by atoms with Gasteiger partial charge in [0.05, 0.1) is 18.8 Å². The third kappa shape index (κ3) is 17.7. The molecule has 3 rings (SSSR count). The van der Waals surface area contributed by atoms with E-state index in [0.29, 0.717) is 18.4 Å². The van der Waals surface area contributed by atoms with Crippen LogP contribution in [-0.2, 0) is 51.9 Å². The SMILES string of the molecule is CCCCC=C(c1cc(/C=C/CCCC)cc(CC(=O)O)c1)C(CCC)Cc1cc(C(CCCC)C(CCC)Cc2cc(CCCCC)cc(C(C)(C)C(=O)[O-])c2)cc(CC(=O)O)c1F. The van der Waals surface area contributed by atoms with Gasteiger partial charge in [0.2, 0.25) is 0 Å². The van der Waals surface area contributed by atoms with Crippen molar-refractivity contribution in [2.45, 2.75) is 202 Å². The van der Waals surface area contributed by atoms with Gasteiger partial charge in [0.1, 0.15) is 5.82 Å². The predicted octanol–water partition coefficient (Wildman–Crippen LogP) is 14.2. The molecule has 0 saturated heterocycles. The molecule has 0 radical (unpaired) electrons. The number of carbonyl (C=O) groups is 3. The van der Waals surface area contributed by atoms with Crippen LogP contribution in [0.2, 0.25) is 0 Å². The number of hydrogen-bond donors (Lipinski definition) is 2. The van der Waals surface area contributed by atoms with Gasteiger partial charge < -0.3 is 20.1 Å². The van der Waals surface area contributed by atoms with Gasteiger partial charge in [-0.15, -0.1) is 0 Å². The lowest BCUT2D eigenvalue weighted by atomic mass is 9.74. The first-order chi connectivity index (χ1) is 31.1. The van der Waals surface area contributed by atoms with Crippen LogP contribution < -0.4 is 5.11 Å². The van der Waals surface area contributed by atoms with Crippen molar-refractivity contribution < 1.29 is 34.1 Å². The van der Waals surface area contributed by atoms with Gasteiger partial charge in [-0.25, -0.2) is 4.39 Å². The fourth-order valence-electron chi connectivity index (χ4n) is 9.49. The number of hydrogen-bond acceptors (Lipinski definition) is 4. The summed E-state index contributed by atoms with van der Waals surface area (Å²) >= 11 is 0. The van der Waals surface area contributed by atoms with Gasteiger partial charge in [-0.2, -0.15) is 0 Å². The Morgan fingerprint density at radius 1 is 0.662 bits per heavy atom. The highest BCUT2D eigenvalue weighted by atomic mass is 19.1. The molecule has 0 fully saturated rings. The number of halogens is 1. The number of carbonyl (C=O) groups excluding carboxylic acids is 1. The van der Waals surface area contributed by atoms with E-state index in [9.17, 15) is 29.7 Å². The van der Waals surface area contributed by atoms with E-state index in [-0.39, 0.29) is 29.7 Å². The van der Waals surface area contributed by atoms with E-state index < -0.39 is 35.6 Å². The molecule has 6 nitrogen and oxygen atoms in total. The molecule has 0 amide bonds. The number of aliphatic carboxylic acids is 3. The van der Waals surface area contributed by atoms with Crippen LogP contribution in [0.3, 0.4) is 0 Å². The normalized spacial score (nSPS) is 13.6. The zero-order valence-electron chi connectivity index (χ0n) is 41.3. The van der Waals surface area contributed by atoms with Crippen molar-refractivity contribution in [3.63, 3.8) is 0 Å². The molecule has 0 spiro atoms. The summed E-state index contributed by atoms with van der Waals surface area (Å²) in [4.78, 5) is 36.9. The number of aryl methyl sites for hydroxylation is 1. The van der Waals surface area contributed by atoms with E-state index in [1.807, 2.05) is 36.4 Å². The van der Waals surface area contributed by atoms with Crippen molar-refractivity contribution >= 4 is 29.6 Å². The van der Waals surface area contributed by atoms with Crippen molar-refractivity contribution in [1.29, 1.82) is 0 Å². The molecule has 0 heterocycles. The Morgan fingerprint density at radius 3 is 1.94 bits per heavy atom. The van der Waals surface area contributed by atoms with Crippen LogP contribution >= 0.6 is 0 Å². The molecule has 0 aliphatic heterocycles. The summed E-state index contributed by atoms with van der Waals surface area (Å²) in [5, 5.41) is 32.4. The maximum absolute atomic E-state index is 17.1. The summed E-state index contributed by atoms with van der Waals surface area (Å²) in [5.41, 5.74) is 7.20. The second-order valence-electron chi connectivity index (χ2n) is 19.2. The summed E-state index contributed by atoms with van der Waals surface area (Å²) in [5.74, 6) is -3.48. The summed E-state index contributed by atoms with van der Waals surface area (Å²) in [6, 6.07) is 16.3. The predicted molar refractivity (Wildman–Crippen MR) is 266 cm³/mol. The van der Waals surface area contributed by atoms with Crippen LogP contribution in [0.1, 0.15) is 214 Å². The molecule has 358 valence electrons. The average Bonchev–Trinajstić information content (AvgIpc) is 3.25. The van der Waals surface area contributed by atoms with Gasteiger partial charge in [0.15, 0.2) is 0 Å². The fraction of sp³-hybridized carbons (Fsp3) is 0.569. The first kappa shape index (κ1) is 54.8. The van der Waals surface area contributed by atoms with Crippen molar-refractivity contribution in [1.82, 2.24) is 0 Å². The molecule has 0 aliphatic rings. The molecule has 0 saturated carbocycles. The molecule has 3 aromatic rings. The van der Waals surface area contributed by atoms with Crippen LogP contribution in [0.15, 0.2) is 60.7 Å². The maximum Gasteiger partial charge on any atom is 0.307 e. The van der Waals surface area contributed by atoms with Gasteiger partial charge in [-0.3, -0.25) is 9.59 Å². The van der Waals surface area contributed by atoms with E-state index >= 15 is 4.39 Å². The molecule has 3 aromatic carbocycles. The second-order valence-corrected chi connectivity index (χ2v) is 19.2. The van der Waals surface area contributed by atoms with Crippen LogP contribution in [0.4, 0.5) is 4.39 Å². The maximum atomic E-state index is 17.1. The van der Waals surface area contributed by atoms with Gasteiger partial charge >= 0.3 is 11.9 Å². The Labute approximate surface area is 392 Å². The third-order valence-electron chi connectivity index (χ3n) is 13.2. The number of carboxylic acid groups (broad SMARTS) is 3. The highest BCUT2D eigenvalue weighted by molar-refractivity contribution is 5.78. The quantitative estimate of drug-likeness (QED) is 0.0603. The minimum atomic E-state index is -1.17. The number of rotatable bonds is 32. The van der Waals surface area contributed by atoms with Gasteiger partial charge in [-0.1, -0.05) is 180 Å². The average molecular weight is 894 g/mol. The Morgan fingerprint density at radius 2 is 1.31 bits per heavy atom. The fourth-order valence-corrected chi connectivity index (χ4v) is 9.49. The highest BCUT2D eigenvalue weighted by Crippen LogP contribution is 2.40. The lowest BCUT2D eigenvalue weighted by molar-refractivity contribution is -0.312. The van der Waals surface area contributed by atoms with E-state index in [2.05, 4.69) is 71.9 Å². The zero-order valence-corrected chi connectivity index (χ0v) is 41.3. The standard InChI is InChI=1S/C58H83FO6/c1-9-15-19-22-26-41-29-44(36-54(60)61)33-47(31-41)53(28-21-17-11-3)46(24-14-6)37-49-38-48(39-50(56(49)59)40-55(62)63)52(27-18-12-4)45(23-13-5)32-43-30-42(25-20-16-10-2)34-51(35-43)58(7,8)57(64)65/h22,26,28-31,33-35,38-39,45-46,52H,9-21,23-25,27,32,36-37,40H2,1-8H3,(H,60,61)(H,62,63)(H,64,65)/p-1/b26-22+,53-28?. The summed E-state index contributed by atoms with van der Waals surface area (Å²) in [6.45, 7) is 16.4. The summed E-state index contributed by atoms with van der Waals surface area (Å²) in [7, 11) is 0. The minimum Gasteiger partial charge on any atom is -0.549 e. The Hall–Kier alpha value is -4.52. The van der Waals surface area contributed by atoms with Crippen LogP contribution in [0.5, 0.6) is 0 Å². The van der Waals surface area contributed by atoms with Gasteiger partial charge in [0, 0.05) is 5.41 Å². The first-order valence-electron chi connectivity index (χ1n) is 25.2. The van der Waals surface area contributed by atoms with Crippen molar-refractivity contribution in [2.75, 3.05) is 0 Å². The topological polar surface area (TPSA) is 115 Å². The second kappa shape index (κ2) is 28.5.